The second-order valence-electron chi connectivity index (χ2n) is 12.9. The van der Waals surface area contributed by atoms with Crippen LogP contribution in [-0.2, 0) is 13.1 Å². The van der Waals surface area contributed by atoms with E-state index >= 15 is 0 Å². The number of hydrogen-bond acceptors (Lipinski definition) is 1. The number of benzene rings is 7. The Labute approximate surface area is 284 Å². The van der Waals surface area contributed by atoms with Crippen molar-refractivity contribution in [1.82, 2.24) is 9.13 Å². The Morgan fingerprint density at radius 1 is 0.408 bits per heavy atom. The second-order valence-corrected chi connectivity index (χ2v) is 12.9. The fraction of sp³-hybridized carbons (Fsp3) is 0.0444. The van der Waals surface area contributed by atoms with Crippen LogP contribution in [0.25, 0.3) is 71.0 Å². The lowest BCUT2D eigenvalue weighted by Crippen LogP contribution is -2.20. The largest absolute Gasteiger partial charge is 0.363 e. The van der Waals surface area contributed by atoms with Crippen molar-refractivity contribution in [3.63, 3.8) is 0 Å². The first-order valence-electron chi connectivity index (χ1n) is 16.7. The number of aromatic nitrogens is 2. The maximum atomic E-state index is 7.62. The maximum Gasteiger partial charge on any atom is 0.188 e. The highest BCUT2D eigenvalue weighted by Crippen LogP contribution is 2.41. The van der Waals surface area contributed by atoms with Crippen LogP contribution in [0.15, 0.2) is 158 Å². The molecule has 0 spiro atoms. The van der Waals surface area contributed by atoms with E-state index in [9.17, 15) is 0 Å². The Morgan fingerprint density at radius 2 is 0.959 bits per heavy atom. The van der Waals surface area contributed by atoms with Gasteiger partial charge in [0.15, 0.2) is 5.69 Å². The molecule has 2 aromatic heterocycles. The van der Waals surface area contributed by atoms with Crippen LogP contribution in [0.5, 0.6) is 0 Å². The van der Waals surface area contributed by atoms with Crippen molar-refractivity contribution in [2.24, 2.45) is 0 Å². The minimum atomic E-state index is 0.659. The van der Waals surface area contributed by atoms with Gasteiger partial charge in [0.05, 0.1) is 28.6 Å². The van der Waals surface area contributed by atoms with Gasteiger partial charge in [-0.2, -0.15) is 0 Å². The Bertz CT molecular complexity index is 2740. The molecule has 0 atom stereocenters. The quantitative estimate of drug-likeness (QED) is 0.178. The third-order valence-electron chi connectivity index (χ3n) is 10.2. The first-order chi connectivity index (χ1) is 24.2. The van der Waals surface area contributed by atoms with Crippen LogP contribution in [0, 0.1) is 6.57 Å². The highest BCUT2D eigenvalue weighted by atomic mass is 15.1. The van der Waals surface area contributed by atoms with E-state index in [1.165, 1.54) is 49.7 Å². The molecule has 0 radical (unpaired) electrons. The molecule has 230 valence electrons. The highest BCUT2D eigenvalue weighted by Gasteiger charge is 2.23. The van der Waals surface area contributed by atoms with E-state index in [1.54, 1.807) is 0 Å². The number of fused-ring (bicyclic) bond motifs is 9. The topological polar surface area (TPSA) is 17.5 Å². The van der Waals surface area contributed by atoms with Crippen LogP contribution >= 0.6 is 0 Å². The molecule has 0 unspecified atom stereocenters. The number of nitrogens with zero attached hydrogens (tertiary/aromatic N) is 4. The molecular formula is C45H30N4. The van der Waals surface area contributed by atoms with Gasteiger partial charge in [-0.15, -0.1) is 0 Å². The van der Waals surface area contributed by atoms with E-state index in [2.05, 4.69) is 164 Å². The lowest BCUT2D eigenvalue weighted by Gasteiger charge is -2.24. The van der Waals surface area contributed by atoms with Crippen molar-refractivity contribution in [2.45, 2.75) is 13.1 Å². The zero-order valence-corrected chi connectivity index (χ0v) is 26.7. The second kappa shape index (κ2) is 10.7. The lowest BCUT2D eigenvalue weighted by atomic mass is 9.95. The van der Waals surface area contributed by atoms with Crippen LogP contribution in [0.4, 0.5) is 11.4 Å². The smallest absolute Gasteiger partial charge is 0.188 e. The Balaban J connectivity index is 1.21. The van der Waals surface area contributed by atoms with E-state index in [4.69, 9.17) is 6.57 Å². The van der Waals surface area contributed by atoms with E-state index in [1.807, 2.05) is 12.1 Å². The maximum absolute atomic E-state index is 7.62. The summed E-state index contributed by atoms with van der Waals surface area (Å²) < 4.78 is 4.76. The minimum absolute atomic E-state index is 0.659. The first-order valence-corrected chi connectivity index (χ1v) is 16.7. The molecule has 1 aliphatic heterocycles. The summed E-state index contributed by atoms with van der Waals surface area (Å²) in [4.78, 5) is 6.22. The molecule has 0 bridgehead atoms. The molecule has 0 saturated carbocycles. The minimum Gasteiger partial charge on any atom is -0.363 e. The Hall–Kier alpha value is -6.57. The molecule has 7 aromatic carbocycles. The van der Waals surface area contributed by atoms with Gasteiger partial charge in [0.1, 0.15) is 0 Å². The van der Waals surface area contributed by atoms with Gasteiger partial charge in [0.25, 0.3) is 0 Å². The summed E-state index contributed by atoms with van der Waals surface area (Å²) >= 11 is 0. The molecule has 4 heteroatoms. The number of rotatable bonds is 3. The molecule has 3 heterocycles. The average molecular weight is 627 g/mol. The van der Waals surface area contributed by atoms with Crippen molar-refractivity contribution in [1.29, 1.82) is 0 Å². The molecule has 0 N–H and O–H groups in total. The molecular weight excluding hydrogens is 597 g/mol. The molecule has 0 saturated heterocycles. The first kappa shape index (κ1) is 27.5. The molecule has 0 fully saturated rings. The summed E-state index contributed by atoms with van der Waals surface area (Å²) in [7, 11) is 0. The summed E-state index contributed by atoms with van der Waals surface area (Å²) in [5, 5.41) is 4.79. The SMILES string of the molecule is [C-]#[N+]c1ccc2c(c1)c1ccccc1n2-c1ccc2c(c1)CN(c1ccccc1)Cc1ccc(-n3c4ccccc4c4ccccc43)cc1-2. The van der Waals surface area contributed by atoms with Crippen molar-refractivity contribution in [2.75, 3.05) is 4.90 Å². The predicted molar refractivity (Wildman–Crippen MR) is 203 cm³/mol. The van der Waals surface area contributed by atoms with Crippen LogP contribution in [0.1, 0.15) is 11.1 Å². The molecule has 0 amide bonds. The predicted octanol–water partition coefficient (Wildman–Crippen LogP) is 11.6. The number of hydrogen-bond donors (Lipinski definition) is 0. The van der Waals surface area contributed by atoms with Gasteiger partial charge in [-0.25, -0.2) is 4.85 Å². The highest BCUT2D eigenvalue weighted by molar-refractivity contribution is 6.11. The van der Waals surface area contributed by atoms with Gasteiger partial charge >= 0.3 is 0 Å². The van der Waals surface area contributed by atoms with E-state index < -0.39 is 0 Å². The van der Waals surface area contributed by atoms with Gasteiger partial charge in [0.2, 0.25) is 0 Å². The molecule has 49 heavy (non-hydrogen) atoms. The molecule has 9 aromatic rings. The normalized spacial score (nSPS) is 12.7. The zero-order valence-electron chi connectivity index (χ0n) is 26.7. The standard InChI is InChI=1S/C45H30N4/c1-46-32-20-24-45-41(26-32)39-15-7-10-18-44(39)48(45)34-22-23-36-31(25-34)29-47(33-11-3-2-4-12-33)28-30-19-21-35(27-40(30)36)49-42-16-8-5-13-37(42)38-14-6-9-17-43(38)49/h2-27H,28-29H2. The van der Waals surface area contributed by atoms with Gasteiger partial charge in [-0.05, 0) is 94.4 Å². The van der Waals surface area contributed by atoms with Crippen LogP contribution < -0.4 is 4.90 Å². The zero-order chi connectivity index (χ0) is 32.5. The van der Waals surface area contributed by atoms with Crippen LogP contribution in [0.3, 0.4) is 0 Å². The van der Waals surface area contributed by atoms with E-state index in [-0.39, 0.29) is 0 Å². The number of anilines is 1. The van der Waals surface area contributed by atoms with Crippen molar-refractivity contribution < 1.29 is 0 Å². The fourth-order valence-corrected chi connectivity index (χ4v) is 8.00. The number of para-hydroxylation sites is 4. The summed E-state index contributed by atoms with van der Waals surface area (Å²) in [6.07, 6.45) is 0. The van der Waals surface area contributed by atoms with Gasteiger partial charge in [-0.3, -0.25) is 0 Å². The summed E-state index contributed by atoms with van der Waals surface area (Å²) in [5.74, 6) is 0. The van der Waals surface area contributed by atoms with Crippen molar-refractivity contribution >= 4 is 55.0 Å². The van der Waals surface area contributed by atoms with E-state index in [0.717, 1.165) is 46.3 Å². The van der Waals surface area contributed by atoms with Crippen LogP contribution in [0.2, 0.25) is 0 Å². The summed E-state index contributed by atoms with van der Waals surface area (Å²) in [6.45, 7) is 9.22. The van der Waals surface area contributed by atoms with Gasteiger partial charge in [0, 0.05) is 46.3 Å². The summed E-state index contributed by atoms with van der Waals surface area (Å²) in [5.41, 5.74) is 13.9. The summed E-state index contributed by atoms with van der Waals surface area (Å²) in [6, 6.07) is 56.7. The third-order valence-corrected chi connectivity index (χ3v) is 10.2. The Morgan fingerprint density at radius 3 is 1.63 bits per heavy atom. The average Bonchev–Trinajstić information content (AvgIpc) is 3.61. The lowest BCUT2D eigenvalue weighted by molar-refractivity contribution is 0.811. The van der Waals surface area contributed by atoms with Gasteiger partial charge in [-0.1, -0.05) is 91.0 Å². The van der Waals surface area contributed by atoms with Gasteiger partial charge < -0.3 is 14.0 Å². The fourth-order valence-electron chi connectivity index (χ4n) is 8.00. The van der Waals surface area contributed by atoms with E-state index in [0.29, 0.717) is 5.69 Å². The molecule has 1 aliphatic rings. The molecule has 0 aliphatic carbocycles. The Kier molecular flexibility index (Phi) is 6.03. The molecule has 10 rings (SSSR count). The molecule has 4 nitrogen and oxygen atoms in total. The van der Waals surface area contributed by atoms with Crippen LogP contribution in [-0.4, -0.2) is 9.13 Å². The monoisotopic (exact) mass is 626 g/mol. The van der Waals surface area contributed by atoms with Crippen molar-refractivity contribution in [3.8, 4) is 22.5 Å². The third kappa shape index (κ3) is 4.23. The van der Waals surface area contributed by atoms with Crippen molar-refractivity contribution in [3.05, 3.63) is 180 Å².